The first-order chi connectivity index (χ1) is 14.1. The molecule has 0 saturated heterocycles. The molecule has 4 aromatic rings. The van der Waals surface area contributed by atoms with E-state index in [0.29, 0.717) is 22.1 Å². The minimum absolute atomic E-state index is 0.0195. The number of hydrogen-bond acceptors (Lipinski definition) is 5. The van der Waals surface area contributed by atoms with E-state index in [0.717, 1.165) is 16.8 Å². The maximum absolute atomic E-state index is 13.7. The largest absolute Gasteiger partial charge is 0.494 e. The molecule has 5 nitrogen and oxygen atoms in total. The van der Waals surface area contributed by atoms with Gasteiger partial charge in [-0.05, 0) is 42.5 Å². The Morgan fingerprint density at radius 3 is 2.69 bits per heavy atom. The second-order valence-electron chi connectivity index (χ2n) is 6.14. The SMILES string of the molecule is COc1cccc2sc(N(Cc3ccccn3)C(=O)c3ccc(F)c(F)c3)nc12. The fourth-order valence-corrected chi connectivity index (χ4v) is 3.84. The fourth-order valence-electron chi connectivity index (χ4n) is 2.86. The van der Waals surface area contributed by atoms with Gasteiger partial charge in [0.25, 0.3) is 5.91 Å². The van der Waals surface area contributed by atoms with E-state index in [9.17, 15) is 13.6 Å². The summed E-state index contributed by atoms with van der Waals surface area (Å²) in [4.78, 5) is 23.4. The Morgan fingerprint density at radius 2 is 1.97 bits per heavy atom. The summed E-state index contributed by atoms with van der Waals surface area (Å²) in [6.07, 6.45) is 1.62. The lowest BCUT2D eigenvalue weighted by atomic mass is 10.2. The van der Waals surface area contributed by atoms with Crippen LogP contribution in [0.5, 0.6) is 5.75 Å². The number of methoxy groups -OCH3 is 1. The zero-order chi connectivity index (χ0) is 20.4. The summed E-state index contributed by atoms with van der Waals surface area (Å²) in [5.41, 5.74) is 1.28. The third kappa shape index (κ3) is 3.79. The van der Waals surface area contributed by atoms with Crippen LogP contribution in [-0.4, -0.2) is 23.0 Å². The predicted molar refractivity (Wildman–Crippen MR) is 107 cm³/mol. The van der Waals surface area contributed by atoms with Crippen molar-refractivity contribution in [1.82, 2.24) is 9.97 Å². The van der Waals surface area contributed by atoms with Gasteiger partial charge in [0.05, 0.1) is 24.0 Å². The maximum Gasteiger partial charge on any atom is 0.260 e. The highest BCUT2D eigenvalue weighted by Crippen LogP contribution is 2.35. The number of fused-ring (bicyclic) bond motifs is 1. The van der Waals surface area contributed by atoms with Gasteiger partial charge in [-0.2, -0.15) is 0 Å². The van der Waals surface area contributed by atoms with Crippen molar-refractivity contribution < 1.29 is 18.3 Å². The molecule has 146 valence electrons. The van der Waals surface area contributed by atoms with Crippen LogP contribution < -0.4 is 9.64 Å². The third-order valence-corrected chi connectivity index (χ3v) is 5.32. The third-order valence-electron chi connectivity index (χ3n) is 4.28. The highest BCUT2D eigenvalue weighted by Gasteiger charge is 2.24. The first-order valence-corrected chi connectivity index (χ1v) is 9.49. The van der Waals surface area contributed by atoms with Gasteiger partial charge in [-0.25, -0.2) is 13.8 Å². The van der Waals surface area contributed by atoms with Crippen molar-refractivity contribution in [3.05, 3.63) is 83.7 Å². The number of nitrogens with zero attached hydrogens (tertiary/aromatic N) is 3. The van der Waals surface area contributed by atoms with Crippen LogP contribution in [0.1, 0.15) is 16.1 Å². The van der Waals surface area contributed by atoms with Gasteiger partial charge in [-0.1, -0.05) is 23.5 Å². The van der Waals surface area contributed by atoms with Gasteiger partial charge in [0.1, 0.15) is 11.3 Å². The number of aromatic nitrogens is 2. The van der Waals surface area contributed by atoms with Crippen molar-refractivity contribution >= 4 is 32.6 Å². The first-order valence-electron chi connectivity index (χ1n) is 8.67. The lowest BCUT2D eigenvalue weighted by molar-refractivity contribution is 0.0984. The molecule has 0 N–H and O–H groups in total. The average Bonchev–Trinajstić information content (AvgIpc) is 3.18. The monoisotopic (exact) mass is 411 g/mol. The topological polar surface area (TPSA) is 55.3 Å². The van der Waals surface area contributed by atoms with Crippen LogP contribution in [0.25, 0.3) is 10.2 Å². The minimum Gasteiger partial charge on any atom is -0.494 e. The number of carbonyl (C=O) groups excluding carboxylic acids is 1. The van der Waals surface area contributed by atoms with Crippen molar-refractivity contribution in [2.75, 3.05) is 12.0 Å². The van der Waals surface area contributed by atoms with Crippen LogP contribution in [-0.2, 0) is 6.54 Å². The van der Waals surface area contributed by atoms with Crippen molar-refractivity contribution in [1.29, 1.82) is 0 Å². The van der Waals surface area contributed by atoms with Crippen LogP contribution in [0.15, 0.2) is 60.8 Å². The molecule has 0 unspecified atom stereocenters. The molecule has 8 heteroatoms. The summed E-state index contributed by atoms with van der Waals surface area (Å²) in [6.45, 7) is 0.126. The lowest BCUT2D eigenvalue weighted by Gasteiger charge is -2.19. The molecule has 2 aromatic heterocycles. The molecule has 0 aliphatic heterocycles. The number of para-hydroxylation sites is 1. The van der Waals surface area contributed by atoms with E-state index >= 15 is 0 Å². The zero-order valence-electron chi connectivity index (χ0n) is 15.3. The summed E-state index contributed by atoms with van der Waals surface area (Å²) >= 11 is 1.30. The van der Waals surface area contributed by atoms with Crippen molar-refractivity contribution in [2.45, 2.75) is 6.54 Å². The van der Waals surface area contributed by atoms with Gasteiger partial charge in [-0.3, -0.25) is 14.7 Å². The van der Waals surface area contributed by atoms with Crippen molar-refractivity contribution in [3.8, 4) is 5.75 Å². The number of ether oxygens (including phenoxy) is 1. The Bertz CT molecular complexity index is 1180. The summed E-state index contributed by atoms with van der Waals surface area (Å²) in [5, 5.41) is 0.407. The molecule has 0 aliphatic carbocycles. The fraction of sp³-hybridized carbons (Fsp3) is 0.0952. The van der Waals surface area contributed by atoms with E-state index in [2.05, 4.69) is 9.97 Å². The van der Waals surface area contributed by atoms with Crippen LogP contribution >= 0.6 is 11.3 Å². The van der Waals surface area contributed by atoms with Crippen molar-refractivity contribution in [3.63, 3.8) is 0 Å². The molecule has 0 bridgehead atoms. The molecule has 0 aliphatic rings. The number of amides is 1. The van der Waals surface area contributed by atoms with Crippen LogP contribution in [0.2, 0.25) is 0 Å². The van der Waals surface area contributed by atoms with Crippen LogP contribution in [0.4, 0.5) is 13.9 Å². The molecule has 0 fully saturated rings. The van der Waals surface area contributed by atoms with Gasteiger partial charge < -0.3 is 4.74 Å². The number of carbonyl (C=O) groups is 1. The quantitative estimate of drug-likeness (QED) is 0.472. The predicted octanol–water partition coefficient (Wildman–Crippen LogP) is 4.83. The van der Waals surface area contributed by atoms with Gasteiger partial charge in [-0.15, -0.1) is 0 Å². The normalized spacial score (nSPS) is 10.9. The summed E-state index contributed by atoms with van der Waals surface area (Å²) < 4.78 is 33.2. The van der Waals surface area contributed by atoms with E-state index in [1.165, 1.54) is 22.3 Å². The lowest BCUT2D eigenvalue weighted by Crippen LogP contribution is -2.30. The molecule has 0 radical (unpaired) electrons. The van der Waals surface area contributed by atoms with E-state index < -0.39 is 17.5 Å². The Morgan fingerprint density at radius 1 is 1.10 bits per heavy atom. The number of hydrogen-bond donors (Lipinski definition) is 0. The number of rotatable bonds is 5. The Hall–Kier alpha value is -3.39. The summed E-state index contributed by atoms with van der Waals surface area (Å²) in [5.74, 6) is -2.02. The molecule has 2 heterocycles. The van der Waals surface area contributed by atoms with E-state index in [1.54, 1.807) is 31.5 Å². The smallest absolute Gasteiger partial charge is 0.260 e. The molecule has 2 aromatic carbocycles. The average molecular weight is 411 g/mol. The van der Waals surface area contributed by atoms with E-state index in [1.807, 2.05) is 18.2 Å². The molecule has 0 atom stereocenters. The Balaban J connectivity index is 1.80. The number of anilines is 1. The van der Waals surface area contributed by atoms with E-state index in [4.69, 9.17) is 4.74 Å². The van der Waals surface area contributed by atoms with Crippen LogP contribution in [0, 0.1) is 11.6 Å². The molecule has 29 heavy (non-hydrogen) atoms. The molecule has 4 rings (SSSR count). The number of benzene rings is 2. The number of thiazole rings is 1. The zero-order valence-corrected chi connectivity index (χ0v) is 16.1. The van der Waals surface area contributed by atoms with Crippen molar-refractivity contribution in [2.24, 2.45) is 0 Å². The molecular formula is C21H15F2N3O2S. The number of pyridine rings is 1. The minimum atomic E-state index is -1.08. The summed E-state index contributed by atoms with van der Waals surface area (Å²) in [7, 11) is 1.55. The second-order valence-corrected chi connectivity index (χ2v) is 7.15. The van der Waals surface area contributed by atoms with Gasteiger partial charge >= 0.3 is 0 Å². The molecule has 0 spiro atoms. The standard InChI is InChI=1S/C21H15F2N3O2S/c1-28-17-6-4-7-18-19(17)25-21(29-18)26(12-14-5-2-3-10-24-14)20(27)13-8-9-15(22)16(23)11-13/h2-11H,12H2,1H3. The second kappa shape index (κ2) is 7.92. The maximum atomic E-state index is 13.7. The Labute approximate surface area is 169 Å². The molecule has 1 amide bonds. The molecule has 0 saturated carbocycles. The first kappa shape index (κ1) is 18.9. The Kier molecular flexibility index (Phi) is 5.18. The van der Waals surface area contributed by atoms with Gasteiger partial charge in [0, 0.05) is 11.8 Å². The van der Waals surface area contributed by atoms with Gasteiger partial charge in [0.2, 0.25) is 0 Å². The highest BCUT2D eigenvalue weighted by molar-refractivity contribution is 7.22. The highest BCUT2D eigenvalue weighted by atomic mass is 32.1. The van der Waals surface area contributed by atoms with E-state index in [-0.39, 0.29) is 12.1 Å². The summed E-state index contributed by atoms with van der Waals surface area (Å²) in [6, 6.07) is 13.9. The van der Waals surface area contributed by atoms with Crippen LogP contribution in [0.3, 0.4) is 0 Å². The number of halogens is 2. The van der Waals surface area contributed by atoms with Gasteiger partial charge in [0.15, 0.2) is 16.8 Å². The molecular weight excluding hydrogens is 396 g/mol.